The van der Waals surface area contributed by atoms with E-state index in [2.05, 4.69) is 15.3 Å². The van der Waals surface area contributed by atoms with E-state index in [9.17, 15) is 0 Å². The van der Waals surface area contributed by atoms with Gasteiger partial charge in [0.1, 0.15) is 16.8 Å². The highest BCUT2D eigenvalue weighted by molar-refractivity contribution is 6.31. The first kappa shape index (κ1) is 15.1. The van der Waals surface area contributed by atoms with Crippen LogP contribution in [0.4, 0.5) is 11.5 Å². The molecule has 0 atom stereocenters. The molecule has 1 aromatic carbocycles. The molecule has 0 amide bonds. The van der Waals surface area contributed by atoms with E-state index in [4.69, 9.17) is 23.2 Å². The summed E-state index contributed by atoms with van der Waals surface area (Å²) in [6, 6.07) is 5.70. The van der Waals surface area contributed by atoms with Crippen LogP contribution in [-0.2, 0) is 0 Å². The summed E-state index contributed by atoms with van der Waals surface area (Å²) in [5.41, 5.74) is 2.84. The van der Waals surface area contributed by atoms with Crippen molar-refractivity contribution in [3.8, 4) is 0 Å². The molecule has 0 spiro atoms. The first-order valence-electron chi connectivity index (χ1n) is 6.45. The predicted octanol–water partition coefficient (Wildman–Crippen LogP) is 5.27. The Morgan fingerprint density at radius 1 is 1.10 bits per heavy atom. The summed E-state index contributed by atoms with van der Waals surface area (Å²) < 4.78 is 0. The molecule has 0 aliphatic heterocycles. The topological polar surface area (TPSA) is 37.8 Å². The molecule has 0 saturated heterocycles. The van der Waals surface area contributed by atoms with Crippen LogP contribution in [0.3, 0.4) is 0 Å². The zero-order valence-electron chi connectivity index (χ0n) is 12.0. The highest BCUT2D eigenvalue weighted by Gasteiger charge is 2.12. The minimum absolute atomic E-state index is 0.217. The third kappa shape index (κ3) is 3.22. The van der Waals surface area contributed by atoms with Crippen LogP contribution in [0.1, 0.15) is 36.7 Å². The van der Waals surface area contributed by atoms with E-state index in [1.807, 2.05) is 45.9 Å². The number of rotatable bonds is 3. The quantitative estimate of drug-likeness (QED) is 0.785. The summed E-state index contributed by atoms with van der Waals surface area (Å²) in [7, 11) is 0. The van der Waals surface area contributed by atoms with Crippen molar-refractivity contribution in [2.24, 2.45) is 0 Å². The molecule has 0 unspecified atom stereocenters. The van der Waals surface area contributed by atoms with Crippen LogP contribution >= 0.6 is 23.2 Å². The van der Waals surface area contributed by atoms with Crippen LogP contribution < -0.4 is 5.32 Å². The number of benzene rings is 1. The molecule has 0 aliphatic rings. The molecule has 0 fully saturated rings. The normalized spacial score (nSPS) is 10.9. The minimum atomic E-state index is 0.217. The minimum Gasteiger partial charge on any atom is -0.340 e. The molecule has 0 bridgehead atoms. The summed E-state index contributed by atoms with van der Waals surface area (Å²) in [4.78, 5) is 8.85. The molecule has 1 heterocycles. The first-order valence-corrected chi connectivity index (χ1v) is 7.21. The Bertz CT molecular complexity index is 639. The molecule has 106 valence electrons. The Balaban J connectivity index is 2.45. The van der Waals surface area contributed by atoms with E-state index in [0.717, 1.165) is 28.5 Å². The van der Waals surface area contributed by atoms with Gasteiger partial charge in [-0.3, -0.25) is 0 Å². The Morgan fingerprint density at radius 3 is 2.45 bits per heavy atom. The molecule has 5 heteroatoms. The van der Waals surface area contributed by atoms with Gasteiger partial charge in [-0.2, -0.15) is 0 Å². The van der Waals surface area contributed by atoms with Gasteiger partial charge in [-0.1, -0.05) is 43.1 Å². The highest BCUT2D eigenvalue weighted by Crippen LogP contribution is 2.28. The van der Waals surface area contributed by atoms with Crippen molar-refractivity contribution < 1.29 is 0 Å². The fourth-order valence-electron chi connectivity index (χ4n) is 1.74. The van der Waals surface area contributed by atoms with Crippen molar-refractivity contribution in [2.75, 3.05) is 5.32 Å². The lowest BCUT2D eigenvalue weighted by atomic mass is 10.2. The fourth-order valence-corrected chi connectivity index (χ4v) is 2.09. The smallest absolute Gasteiger partial charge is 0.138 e. The average Bonchev–Trinajstić information content (AvgIpc) is 2.38. The van der Waals surface area contributed by atoms with Crippen molar-refractivity contribution >= 4 is 34.7 Å². The third-order valence-electron chi connectivity index (χ3n) is 3.07. The van der Waals surface area contributed by atoms with Crippen LogP contribution in [0.2, 0.25) is 10.2 Å². The van der Waals surface area contributed by atoms with Gasteiger partial charge in [0.25, 0.3) is 0 Å². The second-order valence-corrected chi connectivity index (χ2v) is 5.88. The third-order valence-corrected chi connectivity index (χ3v) is 3.68. The van der Waals surface area contributed by atoms with Gasteiger partial charge in [-0.05, 0) is 31.5 Å². The maximum Gasteiger partial charge on any atom is 0.138 e. The molecular formula is C15H17Cl2N3. The molecule has 3 nitrogen and oxygen atoms in total. The molecule has 0 aliphatic carbocycles. The second kappa shape index (κ2) is 5.98. The number of nitrogens with zero attached hydrogens (tertiary/aromatic N) is 2. The van der Waals surface area contributed by atoms with E-state index < -0.39 is 0 Å². The Kier molecular flexibility index (Phi) is 4.51. The number of hydrogen-bond acceptors (Lipinski definition) is 3. The van der Waals surface area contributed by atoms with Crippen LogP contribution in [0, 0.1) is 13.8 Å². The number of nitrogens with one attached hydrogen (secondary N) is 1. The van der Waals surface area contributed by atoms with Crippen molar-refractivity contribution in [1.82, 2.24) is 9.97 Å². The monoisotopic (exact) mass is 309 g/mol. The largest absolute Gasteiger partial charge is 0.340 e. The molecule has 2 rings (SSSR count). The summed E-state index contributed by atoms with van der Waals surface area (Å²) in [6.45, 7) is 7.99. The molecular weight excluding hydrogens is 293 g/mol. The van der Waals surface area contributed by atoms with E-state index in [1.165, 1.54) is 0 Å². The number of hydrogen-bond donors (Lipinski definition) is 1. The summed E-state index contributed by atoms with van der Waals surface area (Å²) in [5, 5.41) is 4.46. The number of anilines is 2. The fraction of sp³-hybridized carbons (Fsp3) is 0.333. The molecule has 20 heavy (non-hydrogen) atoms. The van der Waals surface area contributed by atoms with Gasteiger partial charge in [-0.25, -0.2) is 9.97 Å². The van der Waals surface area contributed by atoms with E-state index in [1.54, 1.807) is 0 Å². The van der Waals surface area contributed by atoms with Crippen LogP contribution in [-0.4, -0.2) is 9.97 Å². The number of aryl methyl sites for hydroxylation is 1. The maximum atomic E-state index is 6.18. The maximum absolute atomic E-state index is 6.18. The summed E-state index contributed by atoms with van der Waals surface area (Å²) in [5.74, 6) is 1.66. The standard InChI is InChI=1S/C15H17Cl2N3/c1-8(2)14-19-13(17)10(4)15(20-14)18-12-7-11(16)6-5-9(12)3/h5-8H,1-4H3,(H,18,19,20). The van der Waals surface area contributed by atoms with Gasteiger partial charge in [0, 0.05) is 22.2 Å². The van der Waals surface area contributed by atoms with Gasteiger partial charge in [0.05, 0.1) is 0 Å². The lowest BCUT2D eigenvalue weighted by molar-refractivity contribution is 0.773. The van der Waals surface area contributed by atoms with Gasteiger partial charge >= 0.3 is 0 Å². The predicted molar refractivity (Wildman–Crippen MR) is 85.3 cm³/mol. The van der Waals surface area contributed by atoms with Gasteiger partial charge < -0.3 is 5.32 Å². The SMILES string of the molecule is Cc1ccc(Cl)cc1Nc1nc(C(C)C)nc(Cl)c1C. The average molecular weight is 310 g/mol. The number of aromatic nitrogens is 2. The lowest BCUT2D eigenvalue weighted by Crippen LogP contribution is -2.05. The van der Waals surface area contributed by atoms with Gasteiger partial charge in [0.15, 0.2) is 0 Å². The second-order valence-electron chi connectivity index (χ2n) is 5.09. The van der Waals surface area contributed by atoms with Crippen LogP contribution in [0.25, 0.3) is 0 Å². The highest BCUT2D eigenvalue weighted by atomic mass is 35.5. The van der Waals surface area contributed by atoms with Crippen molar-refractivity contribution in [1.29, 1.82) is 0 Å². The van der Waals surface area contributed by atoms with Crippen molar-refractivity contribution in [2.45, 2.75) is 33.6 Å². The van der Waals surface area contributed by atoms with Crippen molar-refractivity contribution in [3.63, 3.8) is 0 Å². The zero-order valence-corrected chi connectivity index (χ0v) is 13.5. The zero-order chi connectivity index (χ0) is 14.9. The molecule has 2 aromatic rings. The van der Waals surface area contributed by atoms with Crippen LogP contribution in [0.15, 0.2) is 18.2 Å². The molecule has 1 N–H and O–H groups in total. The molecule has 0 radical (unpaired) electrons. The summed E-state index contributed by atoms with van der Waals surface area (Å²) in [6.07, 6.45) is 0. The lowest BCUT2D eigenvalue weighted by Gasteiger charge is -2.14. The summed E-state index contributed by atoms with van der Waals surface area (Å²) >= 11 is 12.2. The van der Waals surface area contributed by atoms with Crippen LogP contribution in [0.5, 0.6) is 0 Å². The van der Waals surface area contributed by atoms with E-state index >= 15 is 0 Å². The van der Waals surface area contributed by atoms with Gasteiger partial charge in [0.2, 0.25) is 0 Å². The Hall–Kier alpha value is -1.32. The molecule has 1 aromatic heterocycles. The Labute approximate surface area is 129 Å². The van der Waals surface area contributed by atoms with Crippen molar-refractivity contribution in [3.05, 3.63) is 45.3 Å². The first-order chi connectivity index (χ1) is 9.38. The van der Waals surface area contributed by atoms with E-state index in [0.29, 0.717) is 10.2 Å². The number of halogens is 2. The Morgan fingerprint density at radius 2 is 1.80 bits per heavy atom. The van der Waals surface area contributed by atoms with E-state index in [-0.39, 0.29) is 5.92 Å². The molecule has 0 saturated carbocycles. The van der Waals surface area contributed by atoms with Gasteiger partial charge in [-0.15, -0.1) is 0 Å².